The number of benzene rings is 2. The lowest BCUT2D eigenvalue weighted by Gasteiger charge is -2.10. The van der Waals surface area contributed by atoms with Crippen molar-refractivity contribution in [3.8, 4) is 16.4 Å². The highest BCUT2D eigenvalue weighted by atomic mass is 32.2. The Bertz CT molecular complexity index is 1390. The van der Waals surface area contributed by atoms with E-state index >= 15 is 0 Å². The third-order valence-electron chi connectivity index (χ3n) is 5.04. The molecule has 1 N–H and O–H groups in total. The fraction of sp³-hybridized carbons (Fsp3) is 0.120. The van der Waals surface area contributed by atoms with E-state index in [1.165, 1.54) is 16.9 Å². The van der Waals surface area contributed by atoms with Crippen LogP contribution in [0.3, 0.4) is 0 Å². The van der Waals surface area contributed by atoms with Crippen LogP contribution < -0.4 is 5.32 Å². The molecule has 3 heterocycles. The van der Waals surface area contributed by atoms with E-state index in [-0.39, 0.29) is 5.91 Å². The second kappa shape index (κ2) is 10.3. The summed E-state index contributed by atoms with van der Waals surface area (Å²) >= 11 is 4.68. The highest BCUT2D eigenvalue weighted by molar-refractivity contribution is 7.98. The van der Waals surface area contributed by atoms with Crippen LogP contribution >= 0.6 is 34.4 Å². The summed E-state index contributed by atoms with van der Waals surface area (Å²) in [6.07, 6.45) is 0. The smallest absolute Gasteiger partial charge is 0.271 e. The van der Waals surface area contributed by atoms with Crippen molar-refractivity contribution >= 4 is 40.3 Å². The van der Waals surface area contributed by atoms with Crippen molar-refractivity contribution in [1.82, 2.24) is 25.1 Å². The summed E-state index contributed by atoms with van der Waals surface area (Å²) in [7, 11) is 0. The van der Waals surface area contributed by atoms with E-state index in [0.29, 0.717) is 18.0 Å². The average Bonchev–Trinajstić information content (AvgIpc) is 3.62. The standard InChI is InChI=1S/C25H21N5OS3/c1-17-7-5-10-19(13-17)30-23(21-11-6-12-32-21)28-29-25(30)34-16-22-27-20(15-33-22)24(31)26-14-18-8-3-2-4-9-18/h2-13,15H,14,16H2,1H3,(H,26,31). The van der Waals surface area contributed by atoms with Crippen molar-refractivity contribution in [2.45, 2.75) is 24.4 Å². The molecule has 0 fully saturated rings. The molecule has 5 aromatic rings. The molecule has 0 aliphatic rings. The van der Waals surface area contributed by atoms with Crippen LogP contribution in [0.4, 0.5) is 0 Å². The van der Waals surface area contributed by atoms with Gasteiger partial charge in [0.15, 0.2) is 11.0 Å². The van der Waals surface area contributed by atoms with Crippen LogP contribution in [0, 0.1) is 6.92 Å². The first kappa shape index (κ1) is 22.5. The van der Waals surface area contributed by atoms with E-state index < -0.39 is 0 Å². The lowest BCUT2D eigenvalue weighted by molar-refractivity contribution is 0.0946. The van der Waals surface area contributed by atoms with Gasteiger partial charge in [0.25, 0.3) is 5.91 Å². The number of hydrogen-bond acceptors (Lipinski definition) is 7. The second-order valence-corrected chi connectivity index (χ2v) is 10.4. The number of aromatic nitrogens is 4. The van der Waals surface area contributed by atoms with Crippen molar-refractivity contribution in [2.24, 2.45) is 0 Å². The Morgan fingerprint density at radius 3 is 2.71 bits per heavy atom. The summed E-state index contributed by atoms with van der Waals surface area (Å²) in [5, 5.41) is 17.4. The maximum atomic E-state index is 12.5. The molecule has 2 aromatic carbocycles. The van der Waals surface area contributed by atoms with Gasteiger partial charge in [-0.15, -0.1) is 32.9 Å². The van der Waals surface area contributed by atoms with Gasteiger partial charge in [-0.05, 0) is 41.6 Å². The van der Waals surface area contributed by atoms with Gasteiger partial charge in [0.2, 0.25) is 0 Å². The Balaban J connectivity index is 1.31. The SMILES string of the molecule is Cc1cccc(-n2c(SCc3nc(C(=O)NCc4ccccc4)cs3)nnc2-c2cccs2)c1. The molecule has 0 saturated carbocycles. The number of amides is 1. The predicted molar refractivity (Wildman–Crippen MR) is 139 cm³/mol. The molecule has 0 saturated heterocycles. The first-order chi connectivity index (χ1) is 16.7. The van der Waals surface area contributed by atoms with Gasteiger partial charge in [-0.1, -0.05) is 60.3 Å². The zero-order valence-electron chi connectivity index (χ0n) is 18.3. The minimum Gasteiger partial charge on any atom is -0.347 e. The fourth-order valence-electron chi connectivity index (χ4n) is 3.41. The van der Waals surface area contributed by atoms with E-state index in [1.807, 2.05) is 47.8 Å². The van der Waals surface area contributed by atoms with Crippen LogP contribution in [0.25, 0.3) is 16.4 Å². The minimum atomic E-state index is -0.167. The number of nitrogens with one attached hydrogen (secondary N) is 1. The molecule has 34 heavy (non-hydrogen) atoms. The zero-order chi connectivity index (χ0) is 23.3. The maximum absolute atomic E-state index is 12.5. The number of hydrogen-bond donors (Lipinski definition) is 1. The van der Waals surface area contributed by atoms with Gasteiger partial charge in [-0.2, -0.15) is 0 Å². The van der Waals surface area contributed by atoms with Gasteiger partial charge in [0, 0.05) is 11.9 Å². The molecule has 0 unspecified atom stereocenters. The summed E-state index contributed by atoms with van der Waals surface area (Å²) in [6, 6.07) is 22.2. The van der Waals surface area contributed by atoms with Crippen molar-refractivity contribution in [3.63, 3.8) is 0 Å². The molecule has 0 atom stereocenters. The topological polar surface area (TPSA) is 72.7 Å². The number of thiazole rings is 1. The van der Waals surface area contributed by atoms with Crippen molar-refractivity contribution < 1.29 is 4.79 Å². The molecule has 170 valence electrons. The number of nitrogens with zero attached hydrogens (tertiary/aromatic N) is 4. The number of thioether (sulfide) groups is 1. The molecule has 6 nitrogen and oxygen atoms in total. The number of aryl methyl sites for hydroxylation is 1. The predicted octanol–water partition coefficient (Wildman–Crippen LogP) is 5.98. The van der Waals surface area contributed by atoms with Crippen LogP contribution in [-0.2, 0) is 12.3 Å². The van der Waals surface area contributed by atoms with E-state index in [0.717, 1.165) is 32.1 Å². The molecular formula is C25H21N5OS3. The van der Waals surface area contributed by atoms with Crippen LogP contribution in [-0.4, -0.2) is 25.7 Å². The van der Waals surface area contributed by atoms with E-state index in [4.69, 9.17) is 0 Å². The third-order valence-corrected chi connectivity index (χ3v) is 7.88. The molecule has 0 aliphatic heterocycles. The fourth-order valence-corrected chi connectivity index (χ4v) is 5.85. The molecule has 5 rings (SSSR count). The van der Waals surface area contributed by atoms with Crippen LogP contribution in [0.5, 0.6) is 0 Å². The van der Waals surface area contributed by atoms with Gasteiger partial charge < -0.3 is 5.32 Å². The quantitative estimate of drug-likeness (QED) is 0.264. The van der Waals surface area contributed by atoms with Crippen LogP contribution in [0.2, 0.25) is 0 Å². The summed E-state index contributed by atoms with van der Waals surface area (Å²) in [4.78, 5) is 18.1. The lowest BCUT2D eigenvalue weighted by Crippen LogP contribution is -2.23. The van der Waals surface area contributed by atoms with E-state index in [9.17, 15) is 4.79 Å². The van der Waals surface area contributed by atoms with Crippen LogP contribution in [0.15, 0.2) is 82.6 Å². The normalized spacial score (nSPS) is 11.0. The highest BCUT2D eigenvalue weighted by Gasteiger charge is 2.18. The second-order valence-electron chi connectivity index (χ2n) is 7.54. The Morgan fingerprint density at radius 1 is 1.03 bits per heavy atom. The number of carbonyl (C=O) groups is 1. The Kier molecular flexibility index (Phi) is 6.84. The van der Waals surface area contributed by atoms with Gasteiger partial charge >= 0.3 is 0 Å². The Morgan fingerprint density at radius 2 is 1.91 bits per heavy atom. The summed E-state index contributed by atoms with van der Waals surface area (Å²) in [6.45, 7) is 2.55. The van der Waals surface area contributed by atoms with Crippen molar-refractivity contribution in [1.29, 1.82) is 0 Å². The lowest BCUT2D eigenvalue weighted by atomic mass is 10.2. The monoisotopic (exact) mass is 503 g/mol. The van der Waals surface area contributed by atoms with Crippen LogP contribution in [0.1, 0.15) is 26.6 Å². The summed E-state index contributed by atoms with van der Waals surface area (Å²) < 4.78 is 2.09. The van der Waals surface area contributed by atoms with Gasteiger partial charge in [0.1, 0.15) is 10.7 Å². The average molecular weight is 504 g/mol. The third kappa shape index (κ3) is 5.11. The molecule has 9 heteroatoms. The molecule has 3 aromatic heterocycles. The minimum absolute atomic E-state index is 0.167. The number of carbonyl (C=O) groups excluding carboxylic acids is 1. The number of rotatable bonds is 8. The molecule has 1 amide bonds. The number of thiophene rings is 1. The van der Waals surface area contributed by atoms with E-state index in [1.54, 1.807) is 28.5 Å². The maximum Gasteiger partial charge on any atom is 0.271 e. The highest BCUT2D eigenvalue weighted by Crippen LogP contribution is 2.32. The van der Waals surface area contributed by atoms with Crippen molar-refractivity contribution in [2.75, 3.05) is 0 Å². The van der Waals surface area contributed by atoms with Gasteiger partial charge in [-0.3, -0.25) is 9.36 Å². The largest absolute Gasteiger partial charge is 0.347 e. The molecular weight excluding hydrogens is 483 g/mol. The van der Waals surface area contributed by atoms with E-state index in [2.05, 4.69) is 56.3 Å². The van der Waals surface area contributed by atoms with Crippen molar-refractivity contribution in [3.05, 3.63) is 99.3 Å². The first-order valence-corrected chi connectivity index (χ1v) is 13.4. The Hall–Kier alpha value is -3.27. The zero-order valence-corrected chi connectivity index (χ0v) is 20.8. The molecule has 0 spiro atoms. The summed E-state index contributed by atoms with van der Waals surface area (Å²) in [5.41, 5.74) is 3.69. The van der Waals surface area contributed by atoms with Gasteiger partial charge in [0.05, 0.1) is 16.3 Å². The molecule has 0 radical (unpaired) electrons. The van der Waals surface area contributed by atoms with Gasteiger partial charge in [-0.25, -0.2) is 4.98 Å². The molecule has 0 bridgehead atoms. The Labute approximate surface area is 209 Å². The first-order valence-electron chi connectivity index (χ1n) is 10.6. The summed E-state index contributed by atoms with van der Waals surface area (Å²) in [5.74, 6) is 1.26. The molecule has 0 aliphatic carbocycles.